The van der Waals surface area contributed by atoms with Gasteiger partial charge in [-0.15, -0.1) is 0 Å². The van der Waals surface area contributed by atoms with Crippen LogP contribution in [0.4, 0.5) is 0 Å². The Morgan fingerprint density at radius 3 is 1.30 bits per heavy atom. The maximum atomic E-state index is 6.67. The number of fused-ring (bicyclic) bond motifs is 4. The molecule has 1 aliphatic rings. The summed E-state index contributed by atoms with van der Waals surface area (Å²) in [5.41, 5.74) is 4.43. The van der Waals surface area contributed by atoms with Gasteiger partial charge in [0.05, 0.1) is 0 Å². The number of benzene rings is 6. The lowest BCUT2D eigenvalue weighted by Gasteiger charge is -2.28. The van der Waals surface area contributed by atoms with E-state index in [-0.39, 0.29) is 0 Å². The van der Waals surface area contributed by atoms with Crippen molar-refractivity contribution in [3.8, 4) is 68.2 Å². The molecule has 6 aromatic rings. The predicted molar refractivity (Wildman–Crippen MR) is 157 cm³/mol. The van der Waals surface area contributed by atoms with E-state index in [1.807, 2.05) is 127 Å². The van der Waals surface area contributed by atoms with E-state index in [0.717, 1.165) is 28.2 Å². The van der Waals surface area contributed by atoms with E-state index in [2.05, 4.69) is 18.2 Å². The number of ether oxygens (including phenoxy) is 4. The zero-order chi connectivity index (χ0) is 26.7. The average Bonchev–Trinajstić information content (AvgIpc) is 2.99. The van der Waals surface area contributed by atoms with Gasteiger partial charge in [0.2, 0.25) is 0 Å². The van der Waals surface area contributed by atoms with E-state index >= 15 is 0 Å². The van der Waals surface area contributed by atoms with Gasteiger partial charge in [0.25, 0.3) is 0 Å². The Morgan fingerprint density at radius 2 is 0.725 bits per heavy atom. The first kappa shape index (κ1) is 23.6. The van der Waals surface area contributed by atoms with Crippen molar-refractivity contribution < 1.29 is 18.9 Å². The highest BCUT2D eigenvalue weighted by atomic mass is 16.6. The second-order valence-corrected chi connectivity index (χ2v) is 9.29. The van der Waals surface area contributed by atoms with Crippen molar-refractivity contribution in [1.82, 2.24) is 0 Å². The van der Waals surface area contributed by atoms with Crippen molar-refractivity contribution in [3.63, 3.8) is 0 Å². The molecule has 4 nitrogen and oxygen atoms in total. The molecule has 0 aliphatic heterocycles. The standard InChI is InChI=1S/C36H24O4/c1-3-13-25(14-4-1)37-30-19-9-11-21-32(30)39-34-24-23-29-27-17-7-8-18-28(27)35(29)36(34)40-33-22-12-10-20-31(33)38-26-15-5-2-6-16-26/h1-24H. The quantitative estimate of drug-likeness (QED) is 0.200. The third-order valence-electron chi connectivity index (χ3n) is 6.68. The lowest BCUT2D eigenvalue weighted by molar-refractivity contribution is 0.383. The van der Waals surface area contributed by atoms with Gasteiger partial charge in [-0.05, 0) is 77.4 Å². The minimum atomic E-state index is 0.576. The van der Waals surface area contributed by atoms with Crippen LogP contribution in [-0.2, 0) is 0 Å². The highest BCUT2D eigenvalue weighted by Gasteiger charge is 2.30. The van der Waals surface area contributed by atoms with Gasteiger partial charge in [-0.2, -0.15) is 0 Å². The van der Waals surface area contributed by atoms with E-state index in [1.54, 1.807) is 0 Å². The van der Waals surface area contributed by atoms with Crippen molar-refractivity contribution in [2.75, 3.05) is 0 Å². The Hall–Kier alpha value is -5.48. The monoisotopic (exact) mass is 520 g/mol. The molecule has 7 rings (SSSR count). The number of para-hydroxylation sites is 6. The topological polar surface area (TPSA) is 36.9 Å². The van der Waals surface area contributed by atoms with Gasteiger partial charge in [-0.25, -0.2) is 0 Å². The van der Waals surface area contributed by atoms with Gasteiger partial charge in [0.15, 0.2) is 34.5 Å². The largest absolute Gasteiger partial charge is 0.453 e. The molecule has 192 valence electrons. The van der Waals surface area contributed by atoms with Gasteiger partial charge < -0.3 is 18.9 Å². The van der Waals surface area contributed by atoms with Crippen LogP contribution < -0.4 is 18.9 Å². The fourth-order valence-electron chi connectivity index (χ4n) is 4.81. The summed E-state index contributed by atoms with van der Waals surface area (Å²) >= 11 is 0. The molecule has 0 amide bonds. The normalized spacial score (nSPS) is 11.0. The Balaban J connectivity index is 1.29. The summed E-state index contributed by atoms with van der Waals surface area (Å²) in [4.78, 5) is 0. The van der Waals surface area contributed by atoms with Crippen LogP contribution in [0.1, 0.15) is 0 Å². The Morgan fingerprint density at radius 1 is 0.275 bits per heavy atom. The lowest BCUT2D eigenvalue weighted by Crippen LogP contribution is -2.03. The Kier molecular flexibility index (Phi) is 6.11. The fourth-order valence-corrected chi connectivity index (χ4v) is 4.81. The molecule has 40 heavy (non-hydrogen) atoms. The third-order valence-corrected chi connectivity index (χ3v) is 6.68. The molecule has 0 N–H and O–H groups in total. The van der Waals surface area contributed by atoms with Crippen molar-refractivity contribution in [2.24, 2.45) is 0 Å². The molecule has 0 fully saturated rings. The van der Waals surface area contributed by atoms with Crippen LogP contribution in [0.5, 0.6) is 46.0 Å². The van der Waals surface area contributed by atoms with E-state index in [0.29, 0.717) is 34.5 Å². The first-order valence-corrected chi connectivity index (χ1v) is 13.1. The molecule has 0 saturated carbocycles. The van der Waals surface area contributed by atoms with Crippen molar-refractivity contribution >= 4 is 0 Å². The first-order chi connectivity index (χ1) is 19.8. The van der Waals surface area contributed by atoms with Crippen molar-refractivity contribution in [3.05, 3.63) is 146 Å². The lowest BCUT2D eigenvalue weighted by atomic mass is 9.80. The summed E-state index contributed by atoms with van der Waals surface area (Å²) in [6, 6.07) is 47.0. The van der Waals surface area contributed by atoms with Crippen molar-refractivity contribution in [1.29, 1.82) is 0 Å². The molecule has 1 aliphatic carbocycles. The van der Waals surface area contributed by atoms with Gasteiger partial charge in [0, 0.05) is 5.56 Å². The summed E-state index contributed by atoms with van der Waals surface area (Å²) in [7, 11) is 0. The molecular weight excluding hydrogens is 496 g/mol. The maximum Gasteiger partial charge on any atom is 0.178 e. The van der Waals surface area contributed by atoms with Crippen LogP contribution in [0.3, 0.4) is 0 Å². The smallest absolute Gasteiger partial charge is 0.178 e. The number of hydrogen-bond acceptors (Lipinski definition) is 4. The molecule has 0 saturated heterocycles. The summed E-state index contributed by atoms with van der Waals surface area (Å²) in [6.07, 6.45) is 0. The van der Waals surface area contributed by atoms with E-state index in [4.69, 9.17) is 18.9 Å². The van der Waals surface area contributed by atoms with Crippen LogP contribution >= 0.6 is 0 Å². The molecule has 0 bridgehead atoms. The molecule has 4 heteroatoms. The molecule has 0 spiro atoms. The molecule has 6 aromatic carbocycles. The summed E-state index contributed by atoms with van der Waals surface area (Å²) in [5, 5.41) is 0. The van der Waals surface area contributed by atoms with E-state index < -0.39 is 0 Å². The van der Waals surface area contributed by atoms with Gasteiger partial charge in [0.1, 0.15) is 11.5 Å². The first-order valence-electron chi connectivity index (χ1n) is 13.1. The maximum absolute atomic E-state index is 6.67. The van der Waals surface area contributed by atoms with Crippen LogP contribution in [-0.4, -0.2) is 0 Å². The molecule has 0 heterocycles. The minimum Gasteiger partial charge on any atom is -0.453 e. The molecule has 0 unspecified atom stereocenters. The number of hydrogen-bond donors (Lipinski definition) is 0. The van der Waals surface area contributed by atoms with Crippen LogP contribution in [0.2, 0.25) is 0 Å². The van der Waals surface area contributed by atoms with Gasteiger partial charge in [-0.3, -0.25) is 0 Å². The predicted octanol–water partition coefficient (Wildman–Crippen LogP) is 10.5. The molecule has 0 aromatic heterocycles. The highest BCUT2D eigenvalue weighted by Crippen LogP contribution is 2.57. The average molecular weight is 521 g/mol. The SMILES string of the molecule is c1ccc(Oc2ccccc2Oc2ccc3c(c2Oc2ccccc2Oc2ccccc2)-c2ccccc2-3)cc1. The summed E-state index contributed by atoms with van der Waals surface area (Å²) < 4.78 is 25.6. The van der Waals surface area contributed by atoms with Crippen LogP contribution in [0, 0.1) is 0 Å². The second-order valence-electron chi connectivity index (χ2n) is 9.29. The second kappa shape index (κ2) is 10.4. The summed E-state index contributed by atoms with van der Waals surface area (Å²) in [5.74, 6) is 5.04. The van der Waals surface area contributed by atoms with Gasteiger partial charge in [-0.1, -0.05) is 84.9 Å². The third kappa shape index (κ3) is 4.52. The van der Waals surface area contributed by atoms with Crippen LogP contribution in [0.15, 0.2) is 146 Å². The minimum absolute atomic E-state index is 0.576. The highest BCUT2D eigenvalue weighted by molar-refractivity contribution is 6.06. The zero-order valence-corrected chi connectivity index (χ0v) is 21.5. The Bertz CT molecular complexity index is 1800. The van der Waals surface area contributed by atoms with E-state index in [1.165, 1.54) is 5.56 Å². The molecular formula is C36H24O4. The molecule has 0 radical (unpaired) electrons. The van der Waals surface area contributed by atoms with E-state index in [9.17, 15) is 0 Å². The summed E-state index contributed by atoms with van der Waals surface area (Å²) in [6.45, 7) is 0. The zero-order valence-electron chi connectivity index (χ0n) is 21.5. The fraction of sp³-hybridized carbons (Fsp3) is 0. The van der Waals surface area contributed by atoms with Crippen molar-refractivity contribution in [2.45, 2.75) is 0 Å². The van der Waals surface area contributed by atoms with Gasteiger partial charge >= 0.3 is 0 Å². The van der Waals surface area contributed by atoms with Crippen LogP contribution in [0.25, 0.3) is 22.3 Å². The Labute approximate surface area is 232 Å². The number of rotatable bonds is 8. The molecule has 0 atom stereocenters.